The lowest BCUT2D eigenvalue weighted by Crippen LogP contribution is -2.45. The molecule has 0 bridgehead atoms. The molecule has 1 aliphatic rings. The zero-order chi connectivity index (χ0) is 15.5. The average Bonchev–Trinajstić information content (AvgIpc) is 2.47. The van der Waals surface area contributed by atoms with Crippen LogP contribution in [0.2, 0.25) is 0 Å². The largest absolute Gasteiger partial charge is 0.495 e. The van der Waals surface area contributed by atoms with Crippen molar-refractivity contribution in [2.24, 2.45) is 0 Å². The second-order valence-corrected chi connectivity index (χ2v) is 6.44. The summed E-state index contributed by atoms with van der Waals surface area (Å²) in [5.41, 5.74) is -0.217. The van der Waals surface area contributed by atoms with Crippen LogP contribution in [0.15, 0.2) is 23.1 Å². The van der Waals surface area contributed by atoms with Gasteiger partial charge in [0.1, 0.15) is 10.6 Å². The smallest absolute Gasteiger partial charge is 0.273 e. The summed E-state index contributed by atoms with van der Waals surface area (Å²) in [4.78, 5) is 10.0. The Morgan fingerprint density at radius 1 is 1.48 bits per heavy atom. The van der Waals surface area contributed by atoms with Gasteiger partial charge in [0.2, 0.25) is 10.0 Å². The SMILES string of the molecule is COc1cc([N+](=O)[O-])ccc1S(=O)(=O)NC1CCCNC1. The van der Waals surface area contributed by atoms with Gasteiger partial charge in [0.15, 0.2) is 0 Å². The van der Waals surface area contributed by atoms with Crippen molar-refractivity contribution in [2.45, 2.75) is 23.8 Å². The molecule has 1 fully saturated rings. The number of nitrogens with zero attached hydrogens (tertiary/aromatic N) is 1. The van der Waals surface area contributed by atoms with Gasteiger partial charge in [-0.2, -0.15) is 0 Å². The molecule has 1 saturated heterocycles. The highest BCUT2D eigenvalue weighted by Crippen LogP contribution is 2.28. The fourth-order valence-electron chi connectivity index (χ4n) is 2.23. The van der Waals surface area contributed by atoms with Gasteiger partial charge in [0.25, 0.3) is 5.69 Å². The van der Waals surface area contributed by atoms with Crippen LogP contribution in [-0.4, -0.2) is 39.6 Å². The average molecular weight is 315 g/mol. The van der Waals surface area contributed by atoms with E-state index in [1.807, 2.05) is 0 Å². The van der Waals surface area contributed by atoms with Gasteiger partial charge in [-0.05, 0) is 25.5 Å². The molecular weight excluding hydrogens is 298 g/mol. The zero-order valence-corrected chi connectivity index (χ0v) is 12.4. The molecule has 1 atom stereocenters. The highest BCUT2D eigenvalue weighted by Gasteiger charge is 2.26. The predicted octanol–water partition coefficient (Wildman–Crippen LogP) is 0.634. The van der Waals surface area contributed by atoms with Crippen LogP contribution in [0, 0.1) is 10.1 Å². The van der Waals surface area contributed by atoms with Crippen LogP contribution in [0.4, 0.5) is 5.69 Å². The zero-order valence-electron chi connectivity index (χ0n) is 11.5. The summed E-state index contributed by atoms with van der Waals surface area (Å²) in [5, 5.41) is 13.8. The minimum Gasteiger partial charge on any atom is -0.495 e. The molecule has 116 valence electrons. The van der Waals surface area contributed by atoms with Gasteiger partial charge in [0.05, 0.1) is 18.1 Å². The summed E-state index contributed by atoms with van der Waals surface area (Å²) in [6.07, 6.45) is 1.64. The molecule has 21 heavy (non-hydrogen) atoms. The number of nitro benzene ring substituents is 1. The molecule has 8 nitrogen and oxygen atoms in total. The molecule has 1 aromatic carbocycles. The third kappa shape index (κ3) is 3.69. The Balaban J connectivity index is 2.28. The van der Waals surface area contributed by atoms with E-state index in [9.17, 15) is 18.5 Å². The van der Waals surface area contributed by atoms with Crippen LogP contribution in [0.3, 0.4) is 0 Å². The number of piperidine rings is 1. The lowest BCUT2D eigenvalue weighted by atomic mass is 10.1. The number of benzene rings is 1. The van der Waals surface area contributed by atoms with Crippen molar-refractivity contribution in [1.29, 1.82) is 0 Å². The Labute approximate surface area is 122 Å². The molecule has 2 rings (SSSR count). The quantitative estimate of drug-likeness (QED) is 0.609. The Morgan fingerprint density at radius 2 is 2.24 bits per heavy atom. The summed E-state index contributed by atoms with van der Waals surface area (Å²) < 4.78 is 32.3. The maximum absolute atomic E-state index is 12.4. The summed E-state index contributed by atoms with van der Waals surface area (Å²) in [7, 11) is -2.50. The molecule has 0 aromatic heterocycles. The van der Waals surface area contributed by atoms with Crippen molar-refractivity contribution in [3.8, 4) is 5.75 Å². The topological polar surface area (TPSA) is 111 Å². The Morgan fingerprint density at radius 3 is 2.81 bits per heavy atom. The van der Waals surface area contributed by atoms with Gasteiger partial charge in [-0.3, -0.25) is 10.1 Å². The van der Waals surface area contributed by atoms with Gasteiger partial charge in [-0.1, -0.05) is 0 Å². The van der Waals surface area contributed by atoms with E-state index in [-0.39, 0.29) is 22.4 Å². The van der Waals surface area contributed by atoms with E-state index in [1.165, 1.54) is 13.2 Å². The Bertz CT molecular complexity index is 626. The summed E-state index contributed by atoms with van der Waals surface area (Å²) in [5.74, 6) is -0.0412. The molecule has 1 heterocycles. The fourth-order valence-corrected chi connectivity index (χ4v) is 3.65. The first-order valence-electron chi connectivity index (χ1n) is 6.49. The summed E-state index contributed by atoms with van der Waals surface area (Å²) >= 11 is 0. The third-order valence-electron chi connectivity index (χ3n) is 3.27. The Hall–Kier alpha value is -1.71. The predicted molar refractivity (Wildman–Crippen MR) is 75.9 cm³/mol. The number of hydrogen-bond donors (Lipinski definition) is 2. The number of rotatable bonds is 5. The van der Waals surface area contributed by atoms with Crippen LogP contribution in [-0.2, 0) is 10.0 Å². The van der Waals surface area contributed by atoms with E-state index >= 15 is 0 Å². The third-order valence-corrected chi connectivity index (χ3v) is 4.83. The minimum atomic E-state index is -3.78. The van der Waals surface area contributed by atoms with Crippen LogP contribution < -0.4 is 14.8 Å². The first-order chi connectivity index (χ1) is 9.94. The van der Waals surface area contributed by atoms with E-state index in [0.717, 1.165) is 31.5 Å². The molecule has 1 aliphatic heterocycles. The second-order valence-electron chi connectivity index (χ2n) is 4.76. The van der Waals surface area contributed by atoms with Crippen LogP contribution in [0.5, 0.6) is 5.75 Å². The summed E-state index contributed by atoms with van der Waals surface area (Å²) in [6, 6.07) is 3.25. The van der Waals surface area contributed by atoms with E-state index < -0.39 is 14.9 Å². The molecule has 9 heteroatoms. The lowest BCUT2D eigenvalue weighted by molar-refractivity contribution is -0.385. The van der Waals surface area contributed by atoms with Crippen LogP contribution in [0.25, 0.3) is 0 Å². The first-order valence-corrected chi connectivity index (χ1v) is 7.98. The maximum Gasteiger partial charge on any atom is 0.273 e. The number of non-ortho nitro benzene ring substituents is 1. The minimum absolute atomic E-state index is 0.0412. The summed E-state index contributed by atoms with van der Waals surface area (Å²) in [6.45, 7) is 1.44. The van der Waals surface area contributed by atoms with Crippen LogP contribution in [0.1, 0.15) is 12.8 Å². The number of sulfonamides is 1. The standard InChI is InChI=1S/C12H17N3O5S/c1-20-11-7-10(15(16)17)4-5-12(11)21(18,19)14-9-3-2-6-13-8-9/h4-5,7,9,13-14H,2-3,6,8H2,1H3. The highest BCUT2D eigenvalue weighted by molar-refractivity contribution is 7.89. The normalized spacial score (nSPS) is 19.2. The molecular formula is C12H17N3O5S. The monoisotopic (exact) mass is 315 g/mol. The van der Waals surface area contributed by atoms with Gasteiger partial charge in [-0.25, -0.2) is 13.1 Å². The molecule has 0 aliphatic carbocycles. The fraction of sp³-hybridized carbons (Fsp3) is 0.500. The number of methoxy groups -OCH3 is 1. The lowest BCUT2D eigenvalue weighted by Gasteiger charge is -2.24. The van der Waals surface area contributed by atoms with E-state index in [4.69, 9.17) is 4.74 Å². The highest BCUT2D eigenvalue weighted by atomic mass is 32.2. The van der Waals surface area contributed by atoms with E-state index in [0.29, 0.717) is 6.54 Å². The van der Waals surface area contributed by atoms with Crippen molar-refractivity contribution >= 4 is 15.7 Å². The molecule has 0 radical (unpaired) electrons. The van der Waals surface area contributed by atoms with Gasteiger partial charge < -0.3 is 10.1 Å². The molecule has 0 spiro atoms. The van der Waals surface area contributed by atoms with Gasteiger partial charge >= 0.3 is 0 Å². The molecule has 2 N–H and O–H groups in total. The van der Waals surface area contributed by atoms with E-state index in [1.54, 1.807) is 0 Å². The van der Waals surface area contributed by atoms with Gasteiger partial charge in [-0.15, -0.1) is 0 Å². The van der Waals surface area contributed by atoms with Crippen molar-refractivity contribution < 1.29 is 18.1 Å². The molecule has 0 saturated carbocycles. The van der Waals surface area contributed by atoms with Crippen LogP contribution >= 0.6 is 0 Å². The molecule has 1 unspecified atom stereocenters. The van der Waals surface area contributed by atoms with Crippen molar-refractivity contribution in [3.05, 3.63) is 28.3 Å². The molecule has 0 amide bonds. The van der Waals surface area contributed by atoms with Crippen molar-refractivity contribution in [3.63, 3.8) is 0 Å². The molecule has 1 aromatic rings. The van der Waals surface area contributed by atoms with Crippen molar-refractivity contribution in [1.82, 2.24) is 10.0 Å². The maximum atomic E-state index is 12.4. The number of nitrogens with one attached hydrogen (secondary N) is 2. The van der Waals surface area contributed by atoms with E-state index in [2.05, 4.69) is 10.0 Å². The Kier molecular flexibility index (Phi) is 4.76. The number of ether oxygens (including phenoxy) is 1. The van der Waals surface area contributed by atoms with Crippen molar-refractivity contribution in [2.75, 3.05) is 20.2 Å². The number of nitro groups is 1. The number of hydrogen-bond acceptors (Lipinski definition) is 6. The first kappa shape index (κ1) is 15.7. The second kappa shape index (κ2) is 6.37. The van der Waals surface area contributed by atoms with Gasteiger partial charge in [0, 0.05) is 18.7 Å².